The smallest absolute Gasteiger partial charge is 0.224 e. The monoisotopic (exact) mass is 270 g/mol. The Labute approximate surface area is 113 Å². The number of aliphatic hydroxyl groups is 1. The first kappa shape index (κ1) is 15.6. The Morgan fingerprint density at radius 2 is 2.16 bits per heavy atom. The van der Waals surface area contributed by atoms with Crippen LogP contribution in [0, 0.1) is 11.7 Å². The van der Waals surface area contributed by atoms with E-state index >= 15 is 0 Å². The van der Waals surface area contributed by atoms with Gasteiger partial charge in [0.2, 0.25) is 5.95 Å². The molecule has 0 amide bonds. The van der Waals surface area contributed by atoms with Crippen LogP contribution in [0.25, 0.3) is 0 Å². The van der Waals surface area contributed by atoms with Gasteiger partial charge in [0.1, 0.15) is 0 Å². The van der Waals surface area contributed by atoms with E-state index in [0.717, 1.165) is 19.2 Å². The molecule has 1 atom stereocenters. The van der Waals surface area contributed by atoms with Crippen LogP contribution in [-0.2, 0) is 0 Å². The second-order valence-corrected chi connectivity index (χ2v) is 4.82. The van der Waals surface area contributed by atoms with Crippen molar-refractivity contribution in [3.05, 3.63) is 12.0 Å². The third-order valence-corrected chi connectivity index (χ3v) is 2.84. The van der Waals surface area contributed by atoms with Gasteiger partial charge in [-0.2, -0.15) is 4.98 Å². The molecule has 1 unspecified atom stereocenters. The molecular formula is C13H23FN4O. The minimum atomic E-state index is -0.481. The predicted molar refractivity (Wildman–Crippen MR) is 74.7 cm³/mol. The zero-order valence-electron chi connectivity index (χ0n) is 11.8. The van der Waals surface area contributed by atoms with E-state index in [1.54, 1.807) is 0 Å². The topological polar surface area (TPSA) is 70.1 Å². The minimum absolute atomic E-state index is 0.0200. The van der Waals surface area contributed by atoms with Gasteiger partial charge in [0.05, 0.1) is 6.20 Å². The molecule has 0 aliphatic rings. The molecule has 0 saturated heterocycles. The number of aliphatic hydroxyl groups excluding tert-OH is 1. The van der Waals surface area contributed by atoms with Crippen molar-refractivity contribution in [1.29, 1.82) is 0 Å². The van der Waals surface area contributed by atoms with Crippen LogP contribution in [-0.4, -0.2) is 34.3 Å². The maximum Gasteiger partial charge on any atom is 0.224 e. The third-order valence-electron chi connectivity index (χ3n) is 2.84. The molecule has 0 bridgehead atoms. The van der Waals surface area contributed by atoms with Gasteiger partial charge < -0.3 is 15.7 Å². The molecule has 1 aromatic rings. The SMILES string of the molecule is CCCNc1ncc(F)c(NC(CCO)C(C)C)n1. The maximum atomic E-state index is 13.7. The molecule has 5 nitrogen and oxygen atoms in total. The molecule has 108 valence electrons. The highest BCUT2D eigenvalue weighted by molar-refractivity contribution is 5.41. The molecule has 1 rings (SSSR count). The number of aromatic nitrogens is 2. The van der Waals surface area contributed by atoms with Gasteiger partial charge >= 0.3 is 0 Å². The van der Waals surface area contributed by atoms with Crippen LogP contribution >= 0.6 is 0 Å². The van der Waals surface area contributed by atoms with Crippen LogP contribution in [0.2, 0.25) is 0 Å². The average molecular weight is 270 g/mol. The molecule has 0 fully saturated rings. The Balaban J connectivity index is 2.79. The molecule has 0 spiro atoms. The summed E-state index contributed by atoms with van der Waals surface area (Å²) in [7, 11) is 0. The first-order valence-electron chi connectivity index (χ1n) is 6.72. The Morgan fingerprint density at radius 3 is 2.74 bits per heavy atom. The highest BCUT2D eigenvalue weighted by atomic mass is 19.1. The van der Waals surface area contributed by atoms with Crippen molar-refractivity contribution in [1.82, 2.24) is 9.97 Å². The number of halogens is 1. The number of anilines is 2. The number of nitrogens with one attached hydrogen (secondary N) is 2. The molecule has 0 aliphatic carbocycles. The van der Waals surface area contributed by atoms with Gasteiger partial charge in [-0.25, -0.2) is 9.37 Å². The van der Waals surface area contributed by atoms with Crippen LogP contribution < -0.4 is 10.6 Å². The van der Waals surface area contributed by atoms with Crippen molar-refractivity contribution in [3.8, 4) is 0 Å². The standard InChI is InChI=1S/C13H23FN4O/c1-4-6-15-13-16-8-10(14)12(18-13)17-11(5-7-19)9(2)3/h8-9,11,19H,4-7H2,1-3H3,(H2,15,16,17,18). The Kier molecular flexibility index (Phi) is 6.49. The van der Waals surface area contributed by atoms with Gasteiger partial charge in [-0.3, -0.25) is 0 Å². The summed E-state index contributed by atoms with van der Waals surface area (Å²) in [4.78, 5) is 8.01. The minimum Gasteiger partial charge on any atom is -0.396 e. The zero-order valence-corrected chi connectivity index (χ0v) is 11.8. The van der Waals surface area contributed by atoms with Crippen molar-refractivity contribution in [2.75, 3.05) is 23.8 Å². The number of nitrogens with zero attached hydrogens (tertiary/aromatic N) is 2. The van der Waals surface area contributed by atoms with E-state index in [2.05, 4.69) is 20.6 Å². The summed E-state index contributed by atoms with van der Waals surface area (Å²) < 4.78 is 13.7. The van der Waals surface area contributed by atoms with Gasteiger partial charge in [0, 0.05) is 19.2 Å². The molecule has 3 N–H and O–H groups in total. The summed E-state index contributed by atoms with van der Waals surface area (Å²) in [5.74, 6) is 0.386. The highest BCUT2D eigenvalue weighted by Crippen LogP contribution is 2.17. The fourth-order valence-electron chi connectivity index (χ4n) is 1.68. The van der Waals surface area contributed by atoms with E-state index in [1.807, 2.05) is 20.8 Å². The summed E-state index contributed by atoms with van der Waals surface area (Å²) in [5, 5.41) is 15.1. The lowest BCUT2D eigenvalue weighted by Crippen LogP contribution is -2.28. The molecule has 19 heavy (non-hydrogen) atoms. The molecule has 0 aromatic carbocycles. The Hall–Kier alpha value is -1.43. The van der Waals surface area contributed by atoms with E-state index in [9.17, 15) is 4.39 Å². The largest absolute Gasteiger partial charge is 0.396 e. The number of hydrogen-bond acceptors (Lipinski definition) is 5. The number of hydrogen-bond donors (Lipinski definition) is 3. The Bertz CT molecular complexity index is 387. The van der Waals surface area contributed by atoms with Crippen molar-refractivity contribution in [3.63, 3.8) is 0 Å². The molecule has 0 radical (unpaired) electrons. The maximum absolute atomic E-state index is 13.7. The lowest BCUT2D eigenvalue weighted by atomic mass is 10.0. The van der Waals surface area contributed by atoms with Crippen LogP contribution in [0.5, 0.6) is 0 Å². The summed E-state index contributed by atoms with van der Waals surface area (Å²) in [5.41, 5.74) is 0. The Morgan fingerprint density at radius 1 is 1.42 bits per heavy atom. The summed E-state index contributed by atoms with van der Waals surface area (Å²) in [6.45, 7) is 6.87. The molecular weight excluding hydrogens is 247 g/mol. The summed E-state index contributed by atoms with van der Waals surface area (Å²) in [6, 6.07) is -0.0200. The molecule has 1 heterocycles. The van der Waals surface area contributed by atoms with Gasteiger partial charge in [-0.05, 0) is 18.8 Å². The van der Waals surface area contributed by atoms with Gasteiger partial charge in [-0.1, -0.05) is 20.8 Å². The second kappa shape index (κ2) is 7.89. The van der Waals surface area contributed by atoms with Crippen LogP contribution in [0.1, 0.15) is 33.6 Å². The van der Waals surface area contributed by atoms with Crippen molar-refractivity contribution < 1.29 is 9.50 Å². The fourth-order valence-corrected chi connectivity index (χ4v) is 1.68. The first-order valence-corrected chi connectivity index (χ1v) is 6.72. The van der Waals surface area contributed by atoms with Gasteiger partial charge in [0.15, 0.2) is 11.6 Å². The summed E-state index contributed by atoms with van der Waals surface area (Å²) in [6.07, 6.45) is 2.66. The van der Waals surface area contributed by atoms with Gasteiger partial charge in [0.25, 0.3) is 0 Å². The normalized spacial score (nSPS) is 12.5. The van der Waals surface area contributed by atoms with Crippen LogP contribution in [0.15, 0.2) is 6.20 Å². The summed E-state index contributed by atoms with van der Waals surface area (Å²) >= 11 is 0. The molecule has 0 saturated carbocycles. The fraction of sp³-hybridized carbons (Fsp3) is 0.692. The van der Waals surface area contributed by atoms with Gasteiger partial charge in [-0.15, -0.1) is 0 Å². The zero-order chi connectivity index (χ0) is 14.3. The van der Waals surface area contributed by atoms with E-state index in [1.165, 1.54) is 0 Å². The van der Waals surface area contributed by atoms with Crippen molar-refractivity contribution >= 4 is 11.8 Å². The van der Waals surface area contributed by atoms with Crippen molar-refractivity contribution in [2.45, 2.75) is 39.7 Å². The number of rotatable bonds is 8. The third kappa shape index (κ3) is 4.98. The van der Waals surface area contributed by atoms with Crippen LogP contribution in [0.3, 0.4) is 0 Å². The van der Waals surface area contributed by atoms with E-state index in [4.69, 9.17) is 5.11 Å². The predicted octanol–water partition coefficient (Wildman–Crippen LogP) is 2.26. The molecule has 6 heteroatoms. The average Bonchev–Trinajstić information content (AvgIpc) is 2.38. The highest BCUT2D eigenvalue weighted by Gasteiger charge is 2.16. The van der Waals surface area contributed by atoms with E-state index < -0.39 is 5.82 Å². The second-order valence-electron chi connectivity index (χ2n) is 4.82. The lowest BCUT2D eigenvalue weighted by Gasteiger charge is -2.22. The first-order chi connectivity index (χ1) is 9.08. The quantitative estimate of drug-likeness (QED) is 0.676. The van der Waals surface area contributed by atoms with E-state index in [-0.39, 0.29) is 24.4 Å². The lowest BCUT2D eigenvalue weighted by molar-refractivity contribution is 0.267. The van der Waals surface area contributed by atoms with Crippen molar-refractivity contribution in [2.24, 2.45) is 5.92 Å². The molecule has 0 aliphatic heterocycles. The molecule has 1 aromatic heterocycles. The van der Waals surface area contributed by atoms with Crippen LogP contribution in [0.4, 0.5) is 16.2 Å². The van der Waals surface area contributed by atoms with E-state index in [0.29, 0.717) is 12.4 Å².